The number of likely N-dealkylation sites (N-methyl/N-ethyl adjacent to an activating group) is 1. The lowest BCUT2D eigenvalue weighted by Gasteiger charge is -2.18. The zero-order valence-corrected chi connectivity index (χ0v) is 15.3. The Balaban J connectivity index is 2.00. The molecule has 0 spiro atoms. The van der Waals surface area contributed by atoms with E-state index in [-0.39, 0.29) is 5.91 Å². The molecule has 1 atom stereocenters. The number of para-hydroxylation sites is 1. The Labute approximate surface area is 148 Å². The van der Waals surface area contributed by atoms with Gasteiger partial charge in [0.2, 0.25) is 0 Å². The van der Waals surface area contributed by atoms with Gasteiger partial charge in [0.15, 0.2) is 6.23 Å². The van der Waals surface area contributed by atoms with Crippen LogP contribution < -0.4 is 5.32 Å². The summed E-state index contributed by atoms with van der Waals surface area (Å²) >= 11 is 0. The average molecular weight is 342 g/mol. The van der Waals surface area contributed by atoms with E-state index in [9.17, 15) is 9.90 Å². The van der Waals surface area contributed by atoms with Crippen LogP contribution in [0.4, 0.5) is 0 Å². The number of aryl methyl sites for hydroxylation is 1. The van der Waals surface area contributed by atoms with E-state index >= 15 is 0 Å². The van der Waals surface area contributed by atoms with E-state index < -0.39 is 6.23 Å². The summed E-state index contributed by atoms with van der Waals surface area (Å²) in [5.41, 5.74) is 3.09. The number of benzene rings is 1. The highest BCUT2D eigenvalue weighted by Crippen LogP contribution is 2.34. The molecule has 1 aromatic heterocycles. The van der Waals surface area contributed by atoms with Crippen LogP contribution in [0.5, 0.6) is 0 Å². The molecule has 2 aromatic rings. The lowest BCUT2D eigenvalue weighted by atomic mass is 10.0. The first kappa shape index (κ1) is 17.5. The molecule has 0 fully saturated rings. The topological polar surface area (TPSA) is 60.7 Å². The molecule has 0 radical (unpaired) electrons. The number of carbonyl (C=O) groups excluding carboxylic acids is 1. The van der Waals surface area contributed by atoms with Crippen LogP contribution in [0.25, 0.3) is 16.5 Å². The third kappa shape index (κ3) is 3.15. The van der Waals surface area contributed by atoms with Gasteiger partial charge in [-0.3, -0.25) is 4.79 Å². The van der Waals surface area contributed by atoms with Gasteiger partial charge in [0.05, 0.1) is 11.3 Å². The van der Waals surface area contributed by atoms with Crippen LogP contribution >= 0.6 is 0 Å². The minimum atomic E-state index is -0.930. The Hall–Kier alpha value is -2.31. The van der Waals surface area contributed by atoms with Crippen molar-refractivity contribution in [1.82, 2.24) is 19.7 Å². The van der Waals surface area contributed by atoms with Gasteiger partial charge >= 0.3 is 0 Å². The number of fused-ring (bicyclic) bond motifs is 1. The first-order chi connectivity index (χ1) is 11.9. The summed E-state index contributed by atoms with van der Waals surface area (Å²) in [7, 11) is 7.66. The highest BCUT2D eigenvalue weighted by atomic mass is 16.3. The lowest BCUT2D eigenvalue weighted by molar-refractivity contribution is -0.128. The van der Waals surface area contributed by atoms with Gasteiger partial charge in [-0.15, -0.1) is 0 Å². The van der Waals surface area contributed by atoms with Gasteiger partial charge in [-0.05, 0) is 33.1 Å². The van der Waals surface area contributed by atoms with Crippen LogP contribution in [0.2, 0.25) is 0 Å². The Morgan fingerprint density at radius 1 is 1.24 bits per heavy atom. The minimum absolute atomic E-state index is 0.154. The van der Waals surface area contributed by atoms with E-state index in [0.717, 1.165) is 29.4 Å². The molecule has 2 N–H and O–H groups in total. The van der Waals surface area contributed by atoms with Crippen molar-refractivity contribution < 1.29 is 9.90 Å². The van der Waals surface area contributed by atoms with Crippen LogP contribution in [-0.2, 0) is 11.8 Å². The van der Waals surface area contributed by atoms with Crippen molar-refractivity contribution in [1.29, 1.82) is 0 Å². The number of hydrogen-bond donors (Lipinski definition) is 2. The summed E-state index contributed by atoms with van der Waals surface area (Å²) in [6, 6.07) is 8.00. The summed E-state index contributed by atoms with van der Waals surface area (Å²) in [5, 5.41) is 14.8. The molecule has 1 aromatic carbocycles. The monoisotopic (exact) mass is 342 g/mol. The van der Waals surface area contributed by atoms with Crippen LogP contribution in [0.1, 0.15) is 12.0 Å². The molecule has 1 unspecified atom stereocenters. The number of amides is 1. The molecule has 0 saturated heterocycles. The number of nitrogens with zero attached hydrogens (tertiary/aromatic N) is 3. The number of hydrogen-bond acceptors (Lipinski definition) is 4. The van der Waals surface area contributed by atoms with E-state index in [1.54, 1.807) is 7.05 Å². The lowest BCUT2D eigenvalue weighted by Crippen LogP contribution is -2.35. The Bertz CT molecular complexity index is 822. The summed E-state index contributed by atoms with van der Waals surface area (Å²) in [5.74, 6) is -0.154. The summed E-state index contributed by atoms with van der Waals surface area (Å²) in [6.07, 6.45) is 1.97. The predicted octanol–water partition coefficient (Wildman–Crippen LogP) is 1.22. The van der Waals surface area contributed by atoms with Crippen molar-refractivity contribution in [3.8, 4) is 0 Å². The summed E-state index contributed by atoms with van der Waals surface area (Å²) in [6.45, 7) is 1.66. The molecule has 1 amide bonds. The summed E-state index contributed by atoms with van der Waals surface area (Å²) in [4.78, 5) is 16.3. The molecule has 2 heterocycles. The number of aliphatic hydroxyl groups excluding tert-OH is 1. The first-order valence-electron chi connectivity index (χ1n) is 8.54. The highest BCUT2D eigenvalue weighted by Gasteiger charge is 2.37. The van der Waals surface area contributed by atoms with E-state index in [2.05, 4.69) is 10.2 Å². The van der Waals surface area contributed by atoms with Gasteiger partial charge in [0.1, 0.15) is 0 Å². The molecule has 0 bridgehead atoms. The van der Waals surface area contributed by atoms with Gasteiger partial charge in [-0.2, -0.15) is 0 Å². The van der Waals surface area contributed by atoms with Crippen molar-refractivity contribution >= 4 is 22.4 Å². The molecule has 6 heteroatoms. The molecule has 0 saturated carbocycles. The van der Waals surface area contributed by atoms with Crippen molar-refractivity contribution in [2.45, 2.75) is 12.6 Å². The molecule has 1 aliphatic rings. The fourth-order valence-corrected chi connectivity index (χ4v) is 3.32. The van der Waals surface area contributed by atoms with Crippen molar-refractivity contribution in [2.24, 2.45) is 7.05 Å². The van der Waals surface area contributed by atoms with Gasteiger partial charge in [0, 0.05) is 43.3 Å². The molecular weight excluding hydrogens is 316 g/mol. The van der Waals surface area contributed by atoms with E-state index in [4.69, 9.17) is 0 Å². The van der Waals surface area contributed by atoms with Crippen LogP contribution in [0.3, 0.4) is 0 Å². The number of aromatic nitrogens is 1. The average Bonchev–Trinajstić information content (AvgIpc) is 3.02. The number of nitrogens with one attached hydrogen (secondary N) is 1. The smallest absolute Gasteiger partial charge is 0.258 e. The molecule has 134 valence electrons. The molecular formula is C19H26N4O2. The fourth-order valence-electron chi connectivity index (χ4n) is 3.32. The second-order valence-corrected chi connectivity index (χ2v) is 6.83. The second kappa shape index (κ2) is 6.90. The minimum Gasteiger partial charge on any atom is -0.384 e. The Morgan fingerprint density at radius 2 is 1.96 bits per heavy atom. The van der Waals surface area contributed by atoms with Gasteiger partial charge in [-0.25, -0.2) is 0 Å². The van der Waals surface area contributed by atoms with Crippen LogP contribution in [0, 0.1) is 0 Å². The fraction of sp³-hybridized carbons (Fsp3) is 0.421. The quantitative estimate of drug-likeness (QED) is 0.775. The van der Waals surface area contributed by atoms with Crippen molar-refractivity contribution in [3.63, 3.8) is 0 Å². The van der Waals surface area contributed by atoms with E-state index in [0.29, 0.717) is 17.8 Å². The zero-order valence-electron chi connectivity index (χ0n) is 15.3. The largest absolute Gasteiger partial charge is 0.384 e. The normalized spacial score (nSPS) is 18.1. The first-order valence-corrected chi connectivity index (χ1v) is 8.54. The number of rotatable bonds is 6. The van der Waals surface area contributed by atoms with Crippen molar-refractivity contribution in [3.05, 3.63) is 41.7 Å². The van der Waals surface area contributed by atoms with Crippen LogP contribution in [0.15, 0.2) is 36.2 Å². The van der Waals surface area contributed by atoms with Gasteiger partial charge in [0.25, 0.3) is 5.91 Å². The van der Waals surface area contributed by atoms with Gasteiger partial charge < -0.3 is 24.8 Å². The Morgan fingerprint density at radius 3 is 2.68 bits per heavy atom. The van der Waals surface area contributed by atoms with Crippen molar-refractivity contribution in [2.75, 3.05) is 34.2 Å². The molecule has 1 aliphatic heterocycles. The van der Waals surface area contributed by atoms with E-state index in [1.807, 2.05) is 56.2 Å². The maximum Gasteiger partial charge on any atom is 0.258 e. The third-order valence-corrected chi connectivity index (χ3v) is 4.69. The maximum atomic E-state index is 12.8. The number of aliphatic hydroxyl groups is 1. The molecule has 25 heavy (non-hydrogen) atoms. The van der Waals surface area contributed by atoms with E-state index in [1.165, 1.54) is 4.90 Å². The SMILES string of the molecule is CN(C)CCCNC1=C(c2cn(C)c3ccccc23)C(=O)N(C)C1O. The van der Waals surface area contributed by atoms with Crippen LogP contribution in [-0.4, -0.2) is 65.8 Å². The van der Waals surface area contributed by atoms with Gasteiger partial charge in [-0.1, -0.05) is 18.2 Å². The maximum absolute atomic E-state index is 12.8. The number of carbonyl (C=O) groups is 1. The molecule has 0 aliphatic carbocycles. The molecule has 3 rings (SSSR count). The second-order valence-electron chi connectivity index (χ2n) is 6.83. The highest BCUT2D eigenvalue weighted by molar-refractivity contribution is 6.25. The Kier molecular flexibility index (Phi) is 4.83. The molecule has 6 nitrogen and oxygen atoms in total. The predicted molar refractivity (Wildman–Crippen MR) is 99.8 cm³/mol. The third-order valence-electron chi connectivity index (χ3n) is 4.69. The standard InChI is InChI=1S/C19H26N4O2/c1-21(2)11-7-10-20-17-16(18(24)23(4)19(17)25)14-12-22(3)15-9-6-5-8-13(14)15/h5-6,8-9,12,19-20,25H,7,10-11H2,1-4H3. The summed E-state index contributed by atoms with van der Waals surface area (Å²) < 4.78 is 2.01. The zero-order chi connectivity index (χ0) is 18.1.